The second-order valence-electron chi connectivity index (χ2n) is 4.20. The topological polar surface area (TPSA) is 79.6 Å². The first-order valence-electron chi connectivity index (χ1n) is 7.42. The molecule has 4 nitrogen and oxygen atoms in total. The minimum Gasteiger partial charge on any atom is 0 e. The number of alkyl halides is 3. The molecule has 0 amide bonds. The van der Waals surface area contributed by atoms with Crippen LogP contribution in [0.1, 0.15) is 11.1 Å². The molecule has 0 aromatic heterocycles. The number of rotatable bonds is 1. The van der Waals surface area contributed by atoms with E-state index in [2.05, 4.69) is 47.1 Å². The van der Waals surface area contributed by atoms with Crippen LogP contribution in [0.5, 0.6) is 0 Å². The average Bonchev–Trinajstić information content (AvgIpc) is 2.78. The van der Waals surface area contributed by atoms with Crippen molar-refractivity contribution in [3.8, 4) is 0 Å². The summed E-state index contributed by atoms with van der Waals surface area (Å²) in [4.78, 5) is 2.49. The zero-order valence-corrected chi connectivity index (χ0v) is 18.7. The Morgan fingerprint density at radius 3 is 0.971 bits per heavy atom. The molecule has 185 valence electrons. The number of hydrogen-bond acceptors (Lipinski definition) is 0. The van der Waals surface area contributed by atoms with Gasteiger partial charge in [-0.15, -0.1) is 0 Å². The number of allylic oxidation sites excluding steroid dienone is 8. The van der Waals surface area contributed by atoms with Gasteiger partial charge < -0.3 is 17.3 Å². The Morgan fingerprint density at radius 1 is 0.618 bits per heavy atom. The maximum absolute atomic E-state index is 12.0. The largest absolute Gasteiger partial charge is 0 e. The predicted octanol–water partition coefficient (Wildman–Crippen LogP) is 5.65. The third kappa shape index (κ3) is 43.5. The van der Waals surface area contributed by atoms with Crippen LogP contribution in [-0.2, 0) is 57.4 Å². The Morgan fingerprint density at radius 2 is 0.824 bits per heavy atom. The van der Waals surface area contributed by atoms with E-state index in [1.54, 1.807) is 0 Å². The molecular formula is C20H12BF7Fe2O4-. The van der Waals surface area contributed by atoms with Crippen LogP contribution in [0.4, 0.5) is 30.4 Å². The fraction of sp³-hybridized carbons (Fsp3) is 0.0500. The zero-order valence-electron chi connectivity index (χ0n) is 16.5. The molecule has 34 heavy (non-hydrogen) atoms. The normalized spacial score (nSPS) is 13.5. The first-order chi connectivity index (χ1) is 15.5. The first-order valence-corrected chi connectivity index (χ1v) is 7.97. The van der Waals surface area contributed by atoms with Crippen LogP contribution in [0.3, 0.4) is 0 Å². The van der Waals surface area contributed by atoms with E-state index >= 15 is 0 Å². The SMILES string of the molecule is C1=C\C=C/C=C\C=C/1.FC(F)(F)c1ccc([C-]=[Fe+])cc1.F[B-](F)(F)F.[C-]#[O+].[C-]#[O+].[C-]#[O+].[C-]#[O+].[Fe]. The van der Waals surface area contributed by atoms with Crippen LogP contribution in [0.25, 0.3) is 0 Å². The fourth-order valence-electron chi connectivity index (χ4n) is 1.23. The van der Waals surface area contributed by atoms with Gasteiger partial charge >= 0.3 is 128 Å². The molecule has 2 rings (SSSR count). The maximum atomic E-state index is 12.0. The Kier molecular flexibility index (Phi) is 43.6. The number of benzene rings is 1. The summed E-state index contributed by atoms with van der Waals surface area (Å²) in [5.74, 6) is 0. The smallest absolute Gasteiger partial charge is 0 e. The predicted molar refractivity (Wildman–Crippen MR) is 98.0 cm³/mol. The van der Waals surface area contributed by atoms with Crippen LogP contribution >= 0.6 is 0 Å². The first kappa shape index (κ1) is 45.2. The Balaban J connectivity index is -0.0000000781. The quantitative estimate of drug-likeness (QED) is 0.181. The molecule has 1 aliphatic carbocycles. The van der Waals surface area contributed by atoms with E-state index in [4.69, 9.17) is 18.6 Å². The molecule has 14 heteroatoms. The molecule has 0 unspecified atom stereocenters. The van der Waals surface area contributed by atoms with Gasteiger partial charge in [-0.25, -0.2) is 0 Å². The van der Waals surface area contributed by atoms with Crippen LogP contribution in [0.15, 0.2) is 72.9 Å². The van der Waals surface area contributed by atoms with Crippen molar-refractivity contribution in [2.24, 2.45) is 0 Å². The van der Waals surface area contributed by atoms with Crippen molar-refractivity contribution < 1.29 is 81.7 Å². The van der Waals surface area contributed by atoms with E-state index < -0.39 is 19.0 Å². The molecule has 0 spiro atoms. The monoisotopic (exact) mass is 572 g/mol. The standard InChI is InChI=1S/C8H4F3.C8H8.4CO.BF4.2Fe/c1-6-2-4-7(5-3-6)8(9,10)11;1-2-4-6-8-7-5-3-1;4*1-2;2-1(3,4)5;;/h2-5H;1-8H;;;;;;;/q-1;;;;;;-1;;+1/b;2-1-,3-1?,4-2?,5-3-,6-4-,7-5?,8-6?,8-7-;;;;;;;. The third-order valence-corrected chi connectivity index (χ3v) is 2.52. The van der Waals surface area contributed by atoms with Crippen molar-refractivity contribution in [1.82, 2.24) is 0 Å². The van der Waals surface area contributed by atoms with Crippen LogP contribution in [0, 0.1) is 26.6 Å². The summed E-state index contributed by atoms with van der Waals surface area (Å²) in [5.41, 5.74) is -0.0931. The third-order valence-electron chi connectivity index (χ3n) is 2.20. The van der Waals surface area contributed by atoms with Crippen molar-refractivity contribution >= 4 is 12.2 Å². The summed E-state index contributed by atoms with van der Waals surface area (Å²) in [7, 11) is -6.00. The van der Waals surface area contributed by atoms with Gasteiger partial charge in [-0.1, -0.05) is 48.6 Å². The summed E-state index contributed by atoms with van der Waals surface area (Å²) in [6.45, 7) is 18.0. The second-order valence-corrected chi connectivity index (χ2v) is 4.47. The van der Waals surface area contributed by atoms with Crippen LogP contribution in [-0.4, -0.2) is 12.2 Å². The number of halogens is 7. The minimum absolute atomic E-state index is 0. The summed E-state index contributed by atoms with van der Waals surface area (Å²) in [5, 5.41) is 0. The van der Waals surface area contributed by atoms with Gasteiger partial charge in [0.15, 0.2) is 0 Å². The van der Waals surface area contributed by atoms with Gasteiger partial charge in [0.2, 0.25) is 0 Å². The molecule has 1 aromatic rings. The molecule has 0 N–H and O–H groups in total. The van der Waals surface area contributed by atoms with E-state index in [9.17, 15) is 30.4 Å². The molecule has 0 saturated carbocycles. The van der Waals surface area contributed by atoms with Crippen molar-refractivity contribution in [2.75, 3.05) is 0 Å². The average molecular weight is 572 g/mol. The Labute approximate surface area is 210 Å². The van der Waals surface area contributed by atoms with E-state index in [1.807, 2.05) is 48.6 Å². The van der Waals surface area contributed by atoms with E-state index in [0.717, 1.165) is 12.1 Å². The van der Waals surface area contributed by atoms with Gasteiger partial charge in [0, 0.05) is 17.1 Å². The molecule has 1 aliphatic rings. The molecule has 0 atom stereocenters. The van der Waals surface area contributed by atoms with Gasteiger partial charge in [-0.05, 0) is 0 Å². The van der Waals surface area contributed by atoms with Gasteiger partial charge in [0.05, 0.1) is 0 Å². The summed E-state index contributed by atoms with van der Waals surface area (Å²) < 4.78 is 105. The molecule has 0 fully saturated rings. The fourth-order valence-corrected chi connectivity index (χ4v) is 1.42. The summed E-state index contributed by atoms with van der Waals surface area (Å²) in [6.07, 6.45) is 11.7. The summed E-state index contributed by atoms with van der Waals surface area (Å²) >= 11 is 3.32. The van der Waals surface area contributed by atoms with Gasteiger partial charge in [-0.2, -0.15) is 0 Å². The van der Waals surface area contributed by atoms with Gasteiger partial charge in [-0.3, -0.25) is 0 Å². The molecule has 0 bridgehead atoms. The zero-order chi connectivity index (χ0) is 27.3. The van der Waals surface area contributed by atoms with Crippen molar-refractivity contribution in [1.29, 1.82) is 0 Å². The van der Waals surface area contributed by atoms with Crippen molar-refractivity contribution in [2.45, 2.75) is 6.18 Å². The maximum Gasteiger partial charge on any atom is 0 e. The van der Waals surface area contributed by atoms with Crippen LogP contribution in [0.2, 0.25) is 0 Å². The molecular weight excluding hydrogens is 560 g/mol. The van der Waals surface area contributed by atoms with E-state index in [0.29, 0.717) is 5.56 Å². The molecule has 0 heterocycles. The number of hydrogen-bond donors (Lipinski definition) is 0. The van der Waals surface area contributed by atoms with Gasteiger partial charge in [0.1, 0.15) is 0 Å². The molecule has 0 saturated heterocycles. The Bertz CT molecular complexity index is 721. The van der Waals surface area contributed by atoms with Crippen molar-refractivity contribution in [3.05, 3.63) is 111 Å². The van der Waals surface area contributed by atoms with Crippen LogP contribution < -0.4 is 0 Å². The molecule has 0 aliphatic heterocycles. The minimum atomic E-state index is -6.00. The van der Waals surface area contributed by atoms with Gasteiger partial charge in [0.25, 0.3) is 0 Å². The van der Waals surface area contributed by atoms with E-state index in [-0.39, 0.29) is 17.1 Å². The Hall–Kier alpha value is -2.38. The molecule has 1 aromatic carbocycles. The van der Waals surface area contributed by atoms with Crippen molar-refractivity contribution in [3.63, 3.8) is 0 Å². The summed E-state index contributed by atoms with van der Waals surface area (Å²) in [6, 6.07) is 4.67. The second kappa shape index (κ2) is 32.8. The molecule has 0 radical (unpaired) electrons. The van der Waals surface area contributed by atoms with E-state index in [1.165, 1.54) is 12.1 Å².